The third-order valence-corrected chi connectivity index (χ3v) is 2.64. The van der Waals surface area contributed by atoms with Crippen molar-refractivity contribution >= 4 is 11.5 Å². The van der Waals surface area contributed by atoms with Crippen molar-refractivity contribution in [3.8, 4) is 6.07 Å². The Morgan fingerprint density at radius 2 is 2.27 bits per heavy atom. The number of Topliss-reactive ketones (excluding diaryl/α,β-unsaturated/α-hetero) is 1. The minimum absolute atomic E-state index is 0.250. The van der Waals surface area contributed by atoms with Crippen molar-refractivity contribution in [3.05, 3.63) is 29.3 Å². The van der Waals surface area contributed by atoms with E-state index >= 15 is 0 Å². The third-order valence-electron chi connectivity index (χ3n) is 2.64. The van der Waals surface area contributed by atoms with Crippen LogP contribution in [-0.2, 0) is 4.79 Å². The van der Waals surface area contributed by atoms with Crippen LogP contribution in [0.15, 0.2) is 18.2 Å². The molecule has 1 aromatic carbocycles. The molecule has 0 spiro atoms. The molecule has 1 aliphatic heterocycles. The number of ketones is 1. The van der Waals surface area contributed by atoms with Crippen LogP contribution >= 0.6 is 0 Å². The summed E-state index contributed by atoms with van der Waals surface area (Å²) in [5.41, 5.74) is 2.65. The van der Waals surface area contributed by atoms with E-state index in [0.717, 1.165) is 17.8 Å². The van der Waals surface area contributed by atoms with Crippen LogP contribution in [0.2, 0.25) is 0 Å². The molecule has 0 bridgehead atoms. The molecule has 0 aromatic heterocycles. The van der Waals surface area contributed by atoms with E-state index in [0.29, 0.717) is 18.5 Å². The fourth-order valence-corrected chi connectivity index (χ4v) is 1.83. The van der Waals surface area contributed by atoms with Gasteiger partial charge < -0.3 is 4.90 Å². The van der Waals surface area contributed by atoms with Crippen molar-refractivity contribution in [1.82, 2.24) is 0 Å². The molecule has 3 heteroatoms. The summed E-state index contributed by atoms with van der Waals surface area (Å²) in [6.45, 7) is 3.16. The number of carbonyl (C=O) groups excluding carboxylic acids is 1. The summed E-state index contributed by atoms with van der Waals surface area (Å²) in [6.07, 6.45) is 0.596. The van der Waals surface area contributed by atoms with Crippen molar-refractivity contribution in [2.24, 2.45) is 0 Å². The van der Waals surface area contributed by atoms with E-state index in [1.165, 1.54) is 0 Å². The smallest absolute Gasteiger partial charge is 0.153 e. The van der Waals surface area contributed by atoms with Gasteiger partial charge in [0.25, 0.3) is 0 Å². The first-order chi connectivity index (χ1) is 7.20. The van der Waals surface area contributed by atoms with Crippen LogP contribution in [0, 0.1) is 18.3 Å². The van der Waals surface area contributed by atoms with Gasteiger partial charge in [0.1, 0.15) is 6.07 Å². The Balaban J connectivity index is 2.38. The molecular formula is C12H12N2O. The zero-order valence-corrected chi connectivity index (χ0v) is 8.66. The Bertz CT molecular complexity index is 445. The van der Waals surface area contributed by atoms with Crippen LogP contribution < -0.4 is 4.90 Å². The monoisotopic (exact) mass is 200 g/mol. The molecule has 1 aliphatic rings. The summed E-state index contributed by atoms with van der Waals surface area (Å²) in [5.74, 6) is 0.250. The summed E-state index contributed by atoms with van der Waals surface area (Å²) >= 11 is 0. The van der Waals surface area contributed by atoms with Crippen molar-refractivity contribution in [1.29, 1.82) is 5.26 Å². The molecule has 2 rings (SSSR count). The topological polar surface area (TPSA) is 44.1 Å². The van der Waals surface area contributed by atoms with E-state index in [2.05, 4.69) is 6.07 Å². The summed E-state index contributed by atoms with van der Waals surface area (Å²) in [5, 5.41) is 8.97. The summed E-state index contributed by atoms with van der Waals surface area (Å²) in [4.78, 5) is 13.2. The highest BCUT2D eigenvalue weighted by atomic mass is 16.1. The van der Waals surface area contributed by atoms with Gasteiger partial charge in [0.2, 0.25) is 0 Å². The molecule has 15 heavy (non-hydrogen) atoms. The van der Waals surface area contributed by atoms with Gasteiger partial charge in [0, 0.05) is 13.0 Å². The van der Waals surface area contributed by atoms with Crippen LogP contribution in [0.4, 0.5) is 5.69 Å². The Labute approximate surface area is 88.9 Å². The fourth-order valence-electron chi connectivity index (χ4n) is 1.83. The van der Waals surface area contributed by atoms with E-state index in [1.54, 1.807) is 0 Å². The average Bonchev–Trinajstić information content (AvgIpc) is 2.65. The summed E-state index contributed by atoms with van der Waals surface area (Å²) in [6, 6.07) is 7.86. The standard InChI is InChI=1S/C12H12N2O/c1-9-2-3-10(7-13)12(6-9)14-5-4-11(15)8-14/h2-3,6H,4-5,8H2,1H3. The number of rotatable bonds is 1. The zero-order valence-electron chi connectivity index (χ0n) is 8.66. The lowest BCUT2D eigenvalue weighted by Gasteiger charge is -2.18. The summed E-state index contributed by atoms with van der Waals surface area (Å²) in [7, 11) is 0. The SMILES string of the molecule is Cc1ccc(C#N)c(N2CCC(=O)C2)c1. The number of carbonyl (C=O) groups is 1. The second-order valence-corrected chi connectivity index (χ2v) is 3.84. The number of anilines is 1. The predicted molar refractivity (Wildman–Crippen MR) is 57.7 cm³/mol. The number of nitrogens with zero attached hydrogens (tertiary/aromatic N) is 2. The normalized spacial score (nSPS) is 15.5. The van der Waals surface area contributed by atoms with Gasteiger partial charge in [-0.2, -0.15) is 5.26 Å². The second kappa shape index (κ2) is 3.74. The van der Waals surface area contributed by atoms with Gasteiger partial charge in [-0.1, -0.05) is 6.07 Å². The number of hydrogen-bond acceptors (Lipinski definition) is 3. The number of aryl methyl sites for hydroxylation is 1. The largest absolute Gasteiger partial charge is 0.363 e. The van der Waals surface area contributed by atoms with Crippen LogP contribution in [0.25, 0.3) is 0 Å². The zero-order chi connectivity index (χ0) is 10.8. The Hall–Kier alpha value is -1.82. The number of nitriles is 1. The molecule has 0 aliphatic carbocycles. The lowest BCUT2D eigenvalue weighted by molar-refractivity contribution is -0.116. The second-order valence-electron chi connectivity index (χ2n) is 3.84. The molecule has 0 amide bonds. The highest BCUT2D eigenvalue weighted by molar-refractivity contribution is 5.87. The first-order valence-electron chi connectivity index (χ1n) is 4.98. The lowest BCUT2D eigenvalue weighted by atomic mass is 10.1. The molecular weight excluding hydrogens is 188 g/mol. The van der Waals surface area contributed by atoms with Crippen LogP contribution in [0.1, 0.15) is 17.5 Å². The first kappa shape index (κ1) is 9.72. The molecule has 0 atom stereocenters. The molecule has 0 radical (unpaired) electrons. The van der Waals surface area contributed by atoms with Crippen molar-refractivity contribution in [3.63, 3.8) is 0 Å². The van der Waals surface area contributed by atoms with Gasteiger partial charge >= 0.3 is 0 Å². The molecule has 76 valence electrons. The minimum atomic E-state index is 0.250. The fraction of sp³-hybridized carbons (Fsp3) is 0.333. The Morgan fingerprint density at radius 1 is 1.47 bits per heavy atom. The summed E-state index contributed by atoms with van der Waals surface area (Å²) < 4.78 is 0. The minimum Gasteiger partial charge on any atom is -0.363 e. The Kier molecular flexibility index (Phi) is 2.42. The lowest BCUT2D eigenvalue weighted by Crippen LogP contribution is -2.20. The first-order valence-corrected chi connectivity index (χ1v) is 4.98. The Morgan fingerprint density at radius 3 is 2.87 bits per heavy atom. The molecule has 1 fully saturated rings. The molecule has 0 saturated carbocycles. The van der Waals surface area contributed by atoms with E-state index in [4.69, 9.17) is 5.26 Å². The molecule has 0 unspecified atom stereocenters. The predicted octanol–water partition coefficient (Wildman–Crippen LogP) is 1.65. The van der Waals surface area contributed by atoms with E-state index in [9.17, 15) is 4.79 Å². The van der Waals surface area contributed by atoms with Gasteiger partial charge in [-0.25, -0.2) is 0 Å². The number of hydrogen-bond donors (Lipinski definition) is 0. The highest BCUT2D eigenvalue weighted by Gasteiger charge is 2.21. The van der Waals surface area contributed by atoms with Gasteiger partial charge in [0.15, 0.2) is 5.78 Å². The maximum absolute atomic E-state index is 11.2. The average molecular weight is 200 g/mol. The van der Waals surface area contributed by atoms with Gasteiger partial charge in [-0.15, -0.1) is 0 Å². The van der Waals surface area contributed by atoms with Gasteiger partial charge in [0.05, 0.1) is 17.8 Å². The van der Waals surface area contributed by atoms with Crippen molar-refractivity contribution in [2.45, 2.75) is 13.3 Å². The molecule has 3 nitrogen and oxygen atoms in total. The van der Waals surface area contributed by atoms with E-state index < -0.39 is 0 Å². The van der Waals surface area contributed by atoms with Crippen LogP contribution in [0.5, 0.6) is 0 Å². The third kappa shape index (κ3) is 1.84. The maximum atomic E-state index is 11.2. The highest BCUT2D eigenvalue weighted by Crippen LogP contribution is 2.24. The van der Waals surface area contributed by atoms with Crippen molar-refractivity contribution in [2.75, 3.05) is 18.0 Å². The van der Waals surface area contributed by atoms with E-state index in [-0.39, 0.29) is 5.78 Å². The molecule has 1 aromatic rings. The van der Waals surface area contributed by atoms with Gasteiger partial charge in [-0.3, -0.25) is 4.79 Å². The van der Waals surface area contributed by atoms with E-state index in [1.807, 2.05) is 30.0 Å². The quantitative estimate of drug-likeness (QED) is 0.692. The van der Waals surface area contributed by atoms with Crippen LogP contribution in [0.3, 0.4) is 0 Å². The van der Waals surface area contributed by atoms with Crippen LogP contribution in [-0.4, -0.2) is 18.9 Å². The molecule has 1 heterocycles. The maximum Gasteiger partial charge on any atom is 0.153 e. The molecule has 1 saturated heterocycles. The molecule has 0 N–H and O–H groups in total. The number of benzene rings is 1. The van der Waals surface area contributed by atoms with Gasteiger partial charge in [-0.05, 0) is 24.6 Å². The van der Waals surface area contributed by atoms with Crippen molar-refractivity contribution < 1.29 is 4.79 Å².